The lowest BCUT2D eigenvalue weighted by molar-refractivity contribution is 0.0953. The monoisotopic (exact) mass is 232 g/mol. The summed E-state index contributed by atoms with van der Waals surface area (Å²) >= 11 is 0. The van der Waals surface area contributed by atoms with Gasteiger partial charge in [0.15, 0.2) is 6.73 Å². The Morgan fingerprint density at radius 1 is 1.41 bits per heavy atom. The molecule has 2 rings (SSSR count). The van der Waals surface area contributed by atoms with Gasteiger partial charge in [-0.25, -0.2) is 10.5 Å². The first kappa shape index (κ1) is 11.2. The Labute approximate surface area is 98.0 Å². The fourth-order valence-electron chi connectivity index (χ4n) is 1.30. The van der Waals surface area contributed by atoms with Gasteiger partial charge >= 0.3 is 0 Å². The topological polar surface area (TPSA) is 82.2 Å². The van der Waals surface area contributed by atoms with Crippen molar-refractivity contribution in [1.82, 2.24) is 15.2 Å². The van der Waals surface area contributed by atoms with E-state index in [-0.39, 0.29) is 5.91 Å². The number of amides is 1. The van der Waals surface area contributed by atoms with Crippen molar-refractivity contribution >= 4 is 5.91 Å². The van der Waals surface area contributed by atoms with Gasteiger partial charge in [0.2, 0.25) is 0 Å². The number of nitrogens with zero attached hydrogens (tertiary/aromatic N) is 2. The average molecular weight is 232 g/mol. The molecule has 17 heavy (non-hydrogen) atoms. The van der Waals surface area contributed by atoms with Crippen molar-refractivity contribution in [3.8, 4) is 5.75 Å². The summed E-state index contributed by atoms with van der Waals surface area (Å²) in [5, 5.41) is 4.00. The van der Waals surface area contributed by atoms with E-state index in [4.69, 9.17) is 10.6 Å². The third-order valence-corrected chi connectivity index (χ3v) is 2.17. The van der Waals surface area contributed by atoms with Crippen molar-refractivity contribution in [1.29, 1.82) is 0 Å². The average Bonchev–Trinajstić information content (AvgIpc) is 2.89. The van der Waals surface area contributed by atoms with E-state index in [1.54, 1.807) is 41.3 Å². The van der Waals surface area contributed by atoms with Gasteiger partial charge in [0.25, 0.3) is 5.91 Å². The van der Waals surface area contributed by atoms with E-state index in [1.807, 2.05) is 6.07 Å². The molecule has 0 radical (unpaired) electrons. The lowest BCUT2D eigenvalue weighted by Gasteiger charge is -2.06. The van der Waals surface area contributed by atoms with Crippen LogP contribution in [-0.4, -0.2) is 15.7 Å². The second-order valence-electron chi connectivity index (χ2n) is 3.32. The normalized spacial score (nSPS) is 9.94. The number of nitrogen functional groups attached to an aromatic ring is 1. The summed E-state index contributed by atoms with van der Waals surface area (Å²) in [6.45, 7) is 0.329. The molecule has 0 saturated carbocycles. The lowest BCUT2D eigenvalue weighted by atomic mass is 10.2. The van der Waals surface area contributed by atoms with E-state index >= 15 is 0 Å². The first-order chi connectivity index (χ1) is 8.29. The van der Waals surface area contributed by atoms with Crippen LogP contribution in [0.4, 0.5) is 0 Å². The van der Waals surface area contributed by atoms with Crippen LogP contribution in [0, 0.1) is 0 Å². The molecular formula is C11H12N4O2. The zero-order valence-corrected chi connectivity index (χ0v) is 9.04. The molecule has 0 atom stereocenters. The SMILES string of the molecule is NNC(=O)c1ccc(OCn2cccn2)cc1. The third kappa shape index (κ3) is 2.82. The van der Waals surface area contributed by atoms with E-state index in [2.05, 4.69) is 10.5 Å². The molecule has 1 amide bonds. The number of carbonyl (C=O) groups excluding carboxylic acids is 1. The molecule has 6 heteroatoms. The zero-order chi connectivity index (χ0) is 12.1. The number of nitrogens with one attached hydrogen (secondary N) is 1. The quantitative estimate of drug-likeness (QED) is 0.457. The molecule has 6 nitrogen and oxygen atoms in total. The number of aromatic nitrogens is 2. The first-order valence-corrected chi connectivity index (χ1v) is 5.01. The van der Waals surface area contributed by atoms with Gasteiger partial charge in [-0.2, -0.15) is 5.10 Å². The maximum atomic E-state index is 11.2. The Morgan fingerprint density at radius 2 is 2.18 bits per heavy atom. The van der Waals surface area contributed by atoms with Crippen LogP contribution in [0.3, 0.4) is 0 Å². The summed E-state index contributed by atoms with van der Waals surface area (Å²) in [6, 6.07) is 8.50. The summed E-state index contributed by atoms with van der Waals surface area (Å²) in [5.41, 5.74) is 2.55. The maximum Gasteiger partial charge on any atom is 0.265 e. The Kier molecular flexibility index (Phi) is 3.37. The maximum absolute atomic E-state index is 11.2. The smallest absolute Gasteiger partial charge is 0.265 e. The number of carbonyl (C=O) groups is 1. The molecule has 3 N–H and O–H groups in total. The number of hydrazine groups is 1. The molecule has 0 saturated heterocycles. The van der Waals surface area contributed by atoms with Crippen LogP contribution < -0.4 is 16.0 Å². The highest BCUT2D eigenvalue weighted by atomic mass is 16.5. The Balaban J connectivity index is 1.96. The van der Waals surface area contributed by atoms with Gasteiger partial charge in [0.05, 0.1) is 0 Å². The first-order valence-electron chi connectivity index (χ1n) is 5.01. The van der Waals surface area contributed by atoms with Gasteiger partial charge in [-0.15, -0.1) is 0 Å². The molecule has 0 aliphatic heterocycles. The number of benzene rings is 1. The van der Waals surface area contributed by atoms with Gasteiger partial charge < -0.3 is 4.74 Å². The molecule has 0 aliphatic rings. The van der Waals surface area contributed by atoms with Crippen LogP contribution in [0.1, 0.15) is 10.4 Å². The van der Waals surface area contributed by atoms with Crippen molar-refractivity contribution in [3.05, 3.63) is 48.3 Å². The van der Waals surface area contributed by atoms with E-state index in [0.29, 0.717) is 18.0 Å². The molecule has 1 aromatic carbocycles. The van der Waals surface area contributed by atoms with Crippen molar-refractivity contribution in [2.45, 2.75) is 6.73 Å². The lowest BCUT2D eigenvalue weighted by Crippen LogP contribution is -2.29. The summed E-state index contributed by atoms with van der Waals surface area (Å²) in [7, 11) is 0. The largest absolute Gasteiger partial charge is 0.471 e. The van der Waals surface area contributed by atoms with Crippen LogP contribution >= 0.6 is 0 Å². The molecule has 1 heterocycles. The fraction of sp³-hybridized carbons (Fsp3) is 0.0909. The van der Waals surface area contributed by atoms with Gasteiger partial charge in [-0.1, -0.05) is 0 Å². The van der Waals surface area contributed by atoms with Crippen LogP contribution in [-0.2, 0) is 6.73 Å². The standard InChI is InChI=1S/C11H12N4O2/c12-14-11(16)9-2-4-10(5-3-9)17-8-15-7-1-6-13-15/h1-7H,8,12H2,(H,14,16). The van der Waals surface area contributed by atoms with Gasteiger partial charge in [-0.05, 0) is 30.3 Å². The Hall–Kier alpha value is -2.34. The molecule has 0 spiro atoms. The van der Waals surface area contributed by atoms with Crippen molar-refractivity contribution in [2.75, 3.05) is 0 Å². The van der Waals surface area contributed by atoms with Crippen LogP contribution in [0.2, 0.25) is 0 Å². The van der Waals surface area contributed by atoms with Gasteiger partial charge in [-0.3, -0.25) is 10.2 Å². The minimum absolute atomic E-state index is 0.329. The summed E-state index contributed by atoms with van der Waals surface area (Å²) in [4.78, 5) is 11.2. The predicted octanol–water partition coefficient (Wildman–Crippen LogP) is 0.523. The molecular weight excluding hydrogens is 220 g/mol. The second-order valence-corrected chi connectivity index (χ2v) is 3.32. The number of hydrogen-bond donors (Lipinski definition) is 2. The van der Waals surface area contributed by atoms with Crippen molar-refractivity contribution < 1.29 is 9.53 Å². The fourth-order valence-corrected chi connectivity index (χ4v) is 1.30. The Bertz CT molecular complexity index is 479. The highest BCUT2D eigenvalue weighted by Gasteiger charge is 2.02. The van der Waals surface area contributed by atoms with Crippen LogP contribution in [0.15, 0.2) is 42.7 Å². The van der Waals surface area contributed by atoms with E-state index in [9.17, 15) is 4.79 Å². The second kappa shape index (κ2) is 5.13. The van der Waals surface area contributed by atoms with Crippen molar-refractivity contribution in [3.63, 3.8) is 0 Å². The number of ether oxygens (including phenoxy) is 1. The minimum Gasteiger partial charge on any atom is -0.471 e. The van der Waals surface area contributed by atoms with E-state index in [0.717, 1.165) is 0 Å². The Morgan fingerprint density at radius 3 is 2.76 bits per heavy atom. The highest BCUT2D eigenvalue weighted by molar-refractivity contribution is 5.93. The summed E-state index contributed by atoms with van der Waals surface area (Å²) < 4.78 is 7.11. The molecule has 0 fully saturated rings. The minimum atomic E-state index is -0.330. The highest BCUT2D eigenvalue weighted by Crippen LogP contribution is 2.12. The predicted molar refractivity (Wildman–Crippen MR) is 61.0 cm³/mol. The number of rotatable bonds is 4. The summed E-state index contributed by atoms with van der Waals surface area (Å²) in [5.74, 6) is 5.35. The summed E-state index contributed by atoms with van der Waals surface area (Å²) in [6.07, 6.45) is 3.48. The molecule has 0 aliphatic carbocycles. The number of hydrogen-bond acceptors (Lipinski definition) is 4. The third-order valence-electron chi connectivity index (χ3n) is 2.17. The molecule has 0 unspecified atom stereocenters. The van der Waals surface area contributed by atoms with Crippen molar-refractivity contribution in [2.24, 2.45) is 5.84 Å². The van der Waals surface area contributed by atoms with Crippen LogP contribution in [0.5, 0.6) is 5.75 Å². The number of nitrogens with two attached hydrogens (primary N) is 1. The molecule has 88 valence electrons. The molecule has 0 bridgehead atoms. The molecule has 1 aromatic heterocycles. The van der Waals surface area contributed by atoms with Crippen LogP contribution in [0.25, 0.3) is 0 Å². The molecule has 2 aromatic rings. The van der Waals surface area contributed by atoms with E-state index in [1.165, 1.54) is 0 Å². The van der Waals surface area contributed by atoms with Gasteiger partial charge in [0, 0.05) is 18.0 Å². The van der Waals surface area contributed by atoms with Gasteiger partial charge in [0.1, 0.15) is 5.75 Å². The zero-order valence-electron chi connectivity index (χ0n) is 9.04. The van der Waals surface area contributed by atoms with E-state index < -0.39 is 0 Å².